The zero-order valence-electron chi connectivity index (χ0n) is 21.1. The Labute approximate surface area is 222 Å². The van der Waals surface area contributed by atoms with E-state index in [0.717, 1.165) is 35.6 Å². The zero-order valence-corrected chi connectivity index (χ0v) is 21.1. The summed E-state index contributed by atoms with van der Waals surface area (Å²) in [5.74, 6) is 0.795. The highest BCUT2D eigenvalue weighted by Crippen LogP contribution is 2.39. The summed E-state index contributed by atoms with van der Waals surface area (Å²) < 4.78 is 49.7. The molecule has 0 amide bonds. The van der Waals surface area contributed by atoms with Crippen LogP contribution in [0.3, 0.4) is 0 Å². The number of oxazole rings is 1. The molecule has 5 aromatic rings. The van der Waals surface area contributed by atoms with Crippen molar-refractivity contribution >= 4 is 11.1 Å². The Bertz CT molecular complexity index is 1640. The van der Waals surface area contributed by atoms with Gasteiger partial charge in [-0.1, -0.05) is 36.4 Å². The lowest BCUT2D eigenvalue weighted by Gasteiger charge is -2.17. The van der Waals surface area contributed by atoms with Gasteiger partial charge in [0, 0.05) is 30.8 Å². The highest BCUT2D eigenvalue weighted by molar-refractivity contribution is 5.84. The number of aliphatic hydroxyl groups excluding tert-OH is 1. The van der Waals surface area contributed by atoms with Gasteiger partial charge in [0.15, 0.2) is 11.4 Å². The topological polar surface area (TPSA) is 89.0 Å². The molecule has 0 bridgehead atoms. The maximum Gasteiger partial charge on any atom is 0.420 e. The summed E-state index contributed by atoms with van der Waals surface area (Å²) in [6.07, 6.45) is -1.10. The summed E-state index contributed by atoms with van der Waals surface area (Å²) in [4.78, 5) is 4.46. The molecule has 2 aromatic heterocycles. The number of aromatic nitrogens is 4. The predicted molar refractivity (Wildman–Crippen MR) is 140 cm³/mol. The summed E-state index contributed by atoms with van der Waals surface area (Å²) in [7, 11) is 1.86. The van der Waals surface area contributed by atoms with Gasteiger partial charge < -0.3 is 19.4 Å². The van der Waals surface area contributed by atoms with Crippen LogP contribution in [0.2, 0.25) is 0 Å². The molecular formula is C29H26F3N5O2. The number of aryl methyl sites for hydroxylation is 1. The molecule has 2 N–H and O–H groups in total. The van der Waals surface area contributed by atoms with Gasteiger partial charge in [-0.05, 0) is 60.2 Å². The average Bonchev–Trinajstić information content (AvgIpc) is 3.66. The Morgan fingerprint density at radius 3 is 2.54 bits per heavy atom. The van der Waals surface area contributed by atoms with E-state index in [9.17, 15) is 18.3 Å². The van der Waals surface area contributed by atoms with Gasteiger partial charge in [-0.2, -0.15) is 13.2 Å². The smallest absolute Gasteiger partial charge is 0.420 e. The van der Waals surface area contributed by atoms with Crippen LogP contribution in [0.15, 0.2) is 71.4 Å². The molecule has 200 valence electrons. The first-order chi connectivity index (χ1) is 18.8. The van der Waals surface area contributed by atoms with Crippen molar-refractivity contribution in [1.29, 1.82) is 0 Å². The lowest BCUT2D eigenvalue weighted by Crippen LogP contribution is -2.35. The van der Waals surface area contributed by atoms with Crippen LogP contribution in [0.4, 0.5) is 13.2 Å². The van der Waals surface area contributed by atoms with E-state index in [1.54, 1.807) is 18.5 Å². The molecule has 0 radical (unpaired) electrons. The summed E-state index contributed by atoms with van der Waals surface area (Å²) in [6, 6.07) is 17.7. The lowest BCUT2D eigenvalue weighted by molar-refractivity contribution is -0.136. The molecule has 2 atom stereocenters. The summed E-state index contributed by atoms with van der Waals surface area (Å²) in [6.45, 7) is 0.192. The third kappa shape index (κ3) is 4.93. The second kappa shape index (κ2) is 9.94. The third-order valence-electron chi connectivity index (χ3n) is 7.20. The van der Waals surface area contributed by atoms with Crippen LogP contribution in [0.5, 0.6) is 0 Å². The van der Waals surface area contributed by atoms with E-state index < -0.39 is 17.8 Å². The van der Waals surface area contributed by atoms with Crippen LogP contribution in [-0.2, 0) is 19.8 Å². The van der Waals surface area contributed by atoms with Crippen molar-refractivity contribution in [1.82, 2.24) is 25.1 Å². The molecule has 6 rings (SSSR count). The fraction of sp³-hybridized carbons (Fsp3) is 0.276. The van der Waals surface area contributed by atoms with Crippen molar-refractivity contribution in [2.75, 3.05) is 0 Å². The van der Waals surface area contributed by atoms with Crippen molar-refractivity contribution in [3.05, 3.63) is 78.1 Å². The highest BCUT2D eigenvalue weighted by Gasteiger charge is 2.36. The van der Waals surface area contributed by atoms with Crippen LogP contribution in [-0.4, -0.2) is 37.0 Å². The number of aliphatic hydroxyl groups is 1. The number of alkyl halides is 3. The van der Waals surface area contributed by atoms with E-state index in [0.29, 0.717) is 23.4 Å². The number of benzene rings is 3. The van der Waals surface area contributed by atoms with Crippen molar-refractivity contribution < 1.29 is 22.7 Å². The summed E-state index contributed by atoms with van der Waals surface area (Å²) >= 11 is 0. The summed E-state index contributed by atoms with van der Waals surface area (Å²) in [5.41, 5.74) is 2.55. The van der Waals surface area contributed by atoms with E-state index >= 15 is 0 Å². The fourth-order valence-corrected chi connectivity index (χ4v) is 5.23. The molecule has 1 fully saturated rings. The first-order valence-electron chi connectivity index (χ1n) is 12.7. The van der Waals surface area contributed by atoms with Gasteiger partial charge in [0.05, 0.1) is 6.10 Å². The Morgan fingerprint density at radius 2 is 1.82 bits per heavy atom. The number of rotatable bonds is 6. The number of hydrogen-bond acceptors (Lipinski definition) is 6. The Morgan fingerprint density at radius 1 is 1.03 bits per heavy atom. The largest absolute Gasteiger partial charge is 0.435 e. The van der Waals surface area contributed by atoms with Gasteiger partial charge in [0.1, 0.15) is 17.4 Å². The predicted octanol–water partition coefficient (Wildman–Crippen LogP) is 5.98. The minimum Gasteiger partial charge on any atom is -0.435 e. The minimum absolute atomic E-state index is 0.102. The molecule has 0 spiro atoms. The molecule has 10 heteroatoms. The number of halogens is 3. The SMILES string of the molecule is Cn1cnnc1-c1ccccc1-c1cccc(-c2nc3cc(CNC4CCC[C@H]4O)cc(C(F)(F)F)c3o2)c1. The average molecular weight is 534 g/mol. The molecule has 1 unspecified atom stereocenters. The molecule has 1 saturated carbocycles. The molecule has 3 aromatic carbocycles. The molecular weight excluding hydrogens is 507 g/mol. The third-order valence-corrected chi connectivity index (χ3v) is 7.20. The Hall–Kier alpha value is -4.02. The van der Waals surface area contributed by atoms with Gasteiger partial charge >= 0.3 is 6.18 Å². The standard InChI is InChI=1S/C29H26F3N5O2/c1-37-16-34-36-27(37)21-9-3-2-8-20(21)18-6-4-7-19(14-18)28-35-24-13-17(15-33-23-10-5-11-25(23)38)12-22(26(24)39-28)29(30,31)32/h2-4,6-9,12-14,16,23,25,33,38H,5,10-11,15H2,1H3/t23?,25-/m1/s1. The highest BCUT2D eigenvalue weighted by atomic mass is 19.4. The van der Waals surface area contributed by atoms with Crippen LogP contribution in [0, 0.1) is 0 Å². The van der Waals surface area contributed by atoms with Crippen molar-refractivity contribution in [3.8, 4) is 34.0 Å². The second-order valence-electron chi connectivity index (χ2n) is 9.89. The fourth-order valence-electron chi connectivity index (χ4n) is 5.23. The summed E-state index contributed by atoms with van der Waals surface area (Å²) in [5, 5.41) is 21.5. The molecule has 0 aliphatic heterocycles. The van der Waals surface area contributed by atoms with Crippen molar-refractivity contribution in [3.63, 3.8) is 0 Å². The number of fused-ring (bicyclic) bond motifs is 1. The van der Waals surface area contributed by atoms with Gasteiger partial charge in [-0.15, -0.1) is 10.2 Å². The van der Waals surface area contributed by atoms with Crippen molar-refractivity contribution in [2.45, 2.75) is 44.1 Å². The van der Waals surface area contributed by atoms with Gasteiger partial charge in [0.25, 0.3) is 0 Å². The van der Waals surface area contributed by atoms with Crippen LogP contribution in [0.25, 0.3) is 45.1 Å². The first kappa shape index (κ1) is 25.3. The van der Waals surface area contributed by atoms with Gasteiger partial charge in [-0.25, -0.2) is 4.98 Å². The maximum atomic E-state index is 14.0. The van der Waals surface area contributed by atoms with E-state index in [1.807, 2.05) is 54.1 Å². The molecule has 1 aliphatic rings. The number of nitrogens with zero attached hydrogens (tertiary/aromatic N) is 4. The lowest BCUT2D eigenvalue weighted by atomic mass is 9.97. The number of hydrogen-bond donors (Lipinski definition) is 2. The minimum atomic E-state index is -4.62. The van der Waals surface area contributed by atoms with Gasteiger partial charge in [0.2, 0.25) is 5.89 Å². The Kier molecular flexibility index (Phi) is 6.44. The van der Waals surface area contributed by atoms with E-state index in [1.165, 1.54) is 0 Å². The van der Waals surface area contributed by atoms with Crippen LogP contribution < -0.4 is 5.32 Å². The first-order valence-corrected chi connectivity index (χ1v) is 12.7. The van der Waals surface area contributed by atoms with Crippen LogP contribution >= 0.6 is 0 Å². The van der Waals surface area contributed by atoms with Gasteiger partial charge in [-0.3, -0.25) is 0 Å². The molecule has 1 aliphatic carbocycles. The van der Waals surface area contributed by atoms with E-state index in [4.69, 9.17) is 4.42 Å². The second-order valence-corrected chi connectivity index (χ2v) is 9.89. The number of nitrogens with one attached hydrogen (secondary N) is 1. The molecule has 7 nitrogen and oxygen atoms in total. The molecule has 2 heterocycles. The Balaban J connectivity index is 1.38. The normalized spacial score (nSPS) is 17.8. The van der Waals surface area contributed by atoms with Crippen molar-refractivity contribution in [2.24, 2.45) is 7.05 Å². The molecule has 39 heavy (non-hydrogen) atoms. The quantitative estimate of drug-likeness (QED) is 0.279. The molecule has 0 saturated heterocycles. The van der Waals surface area contributed by atoms with E-state index in [-0.39, 0.29) is 29.6 Å². The maximum absolute atomic E-state index is 14.0. The zero-order chi connectivity index (χ0) is 27.1. The van der Waals surface area contributed by atoms with Crippen LogP contribution in [0.1, 0.15) is 30.4 Å². The van der Waals surface area contributed by atoms with E-state index in [2.05, 4.69) is 20.5 Å². The monoisotopic (exact) mass is 533 g/mol.